The van der Waals surface area contributed by atoms with Crippen LogP contribution in [-0.4, -0.2) is 6.54 Å². The minimum Gasteiger partial charge on any atom is -0.330 e. The van der Waals surface area contributed by atoms with Crippen molar-refractivity contribution in [3.8, 4) is 0 Å². The highest BCUT2D eigenvalue weighted by molar-refractivity contribution is 6.30. The van der Waals surface area contributed by atoms with Crippen LogP contribution < -0.4 is 5.73 Å². The van der Waals surface area contributed by atoms with E-state index in [-0.39, 0.29) is 17.8 Å². The zero-order valence-electron chi connectivity index (χ0n) is 8.59. The van der Waals surface area contributed by atoms with Crippen molar-refractivity contribution in [2.75, 3.05) is 6.54 Å². The van der Waals surface area contributed by atoms with E-state index in [0.29, 0.717) is 6.54 Å². The molecule has 0 saturated heterocycles. The highest BCUT2D eigenvalue weighted by atomic mass is 35.5. The van der Waals surface area contributed by atoms with Gasteiger partial charge in [0.1, 0.15) is 0 Å². The SMILES string of the molecule is CC(C)(CN)Cc1ccc(Cl)cc1.Cl. The molecule has 1 rings (SSSR count). The summed E-state index contributed by atoms with van der Waals surface area (Å²) in [6.07, 6.45) is 1.00. The first-order valence-corrected chi connectivity index (χ1v) is 4.86. The van der Waals surface area contributed by atoms with Gasteiger partial charge in [-0.05, 0) is 36.1 Å². The average Bonchev–Trinajstić information content (AvgIpc) is 2.09. The lowest BCUT2D eigenvalue weighted by Gasteiger charge is -2.22. The second-order valence-corrected chi connectivity index (χ2v) is 4.61. The van der Waals surface area contributed by atoms with Crippen molar-refractivity contribution in [1.29, 1.82) is 0 Å². The van der Waals surface area contributed by atoms with Crippen LogP contribution in [0.3, 0.4) is 0 Å². The van der Waals surface area contributed by atoms with Crippen molar-refractivity contribution in [1.82, 2.24) is 0 Å². The summed E-state index contributed by atoms with van der Waals surface area (Å²) in [7, 11) is 0. The first-order valence-electron chi connectivity index (χ1n) is 4.48. The van der Waals surface area contributed by atoms with Crippen LogP contribution in [0.1, 0.15) is 19.4 Å². The fourth-order valence-corrected chi connectivity index (χ4v) is 1.35. The van der Waals surface area contributed by atoms with Crippen molar-refractivity contribution >= 4 is 24.0 Å². The summed E-state index contributed by atoms with van der Waals surface area (Å²) < 4.78 is 0. The molecule has 1 aromatic rings. The first-order chi connectivity index (χ1) is 6.03. The Labute approximate surface area is 97.1 Å². The number of benzene rings is 1. The minimum atomic E-state index is 0. The lowest BCUT2D eigenvalue weighted by molar-refractivity contribution is 0.377. The Balaban J connectivity index is 0.00000169. The van der Waals surface area contributed by atoms with Crippen LogP contribution in [0, 0.1) is 5.41 Å². The summed E-state index contributed by atoms with van der Waals surface area (Å²) in [4.78, 5) is 0. The third kappa shape index (κ3) is 4.32. The van der Waals surface area contributed by atoms with E-state index < -0.39 is 0 Å². The molecule has 0 unspecified atom stereocenters. The average molecular weight is 234 g/mol. The van der Waals surface area contributed by atoms with E-state index in [2.05, 4.69) is 26.0 Å². The Bertz CT molecular complexity index is 267. The molecule has 0 spiro atoms. The largest absolute Gasteiger partial charge is 0.330 e. The lowest BCUT2D eigenvalue weighted by atomic mass is 9.86. The molecule has 0 radical (unpaired) electrons. The van der Waals surface area contributed by atoms with E-state index in [9.17, 15) is 0 Å². The molecule has 0 aromatic heterocycles. The Hall–Kier alpha value is -0.240. The second kappa shape index (κ2) is 5.59. The van der Waals surface area contributed by atoms with Crippen molar-refractivity contribution in [2.45, 2.75) is 20.3 Å². The third-order valence-corrected chi connectivity index (χ3v) is 2.40. The number of hydrogen-bond acceptors (Lipinski definition) is 1. The van der Waals surface area contributed by atoms with Crippen LogP contribution in [0.15, 0.2) is 24.3 Å². The Morgan fingerprint density at radius 1 is 1.21 bits per heavy atom. The van der Waals surface area contributed by atoms with E-state index in [1.54, 1.807) is 0 Å². The Morgan fingerprint density at radius 2 is 1.71 bits per heavy atom. The molecule has 3 heteroatoms. The summed E-state index contributed by atoms with van der Waals surface area (Å²) in [5.41, 5.74) is 7.12. The van der Waals surface area contributed by atoms with E-state index in [1.165, 1.54) is 5.56 Å². The molecule has 1 nitrogen and oxygen atoms in total. The molecule has 0 amide bonds. The molecule has 0 atom stereocenters. The van der Waals surface area contributed by atoms with Gasteiger partial charge in [0.05, 0.1) is 0 Å². The molecular weight excluding hydrogens is 217 g/mol. The predicted molar refractivity (Wildman–Crippen MR) is 65.2 cm³/mol. The molecule has 14 heavy (non-hydrogen) atoms. The maximum atomic E-state index is 5.79. The predicted octanol–water partition coefficient (Wildman–Crippen LogP) is 3.29. The highest BCUT2D eigenvalue weighted by Gasteiger charge is 2.15. The molecule has 0 aliphatic carbocycles. The Kier molecular flexibility index (Phi) is 5.50. The summed E-state index contributed by atoms with van der Waals surface area (Å²) in [5, 5.41) is 0.786. The molecule has 0 heterocycles. The zero-order valence-corrected chi connectivity index (χ0v) is 10.2. The minimum absolute atomic E-state index is 0. The van der Waals surface area contributed by atoms with Gasteiger partial charge in [0.15, 0.2) is 0 Å². The maximum Gasteiger partial charge on any atom is 0.0406 e. The van der Waals surface area contributed by atoms with Crippen LogP contribution in [0.25, 0.3) is 0 Å². The van der Waals surface area contributed by atoms with E-state index in [4.69, 9.17) is 17.3 Å². The monoisotopic (exact) mass is 233 g/mol. The number of rotatable bonds is 3. The van der Waals surface area contributed by atoms with Gasteiger partial charge in [0.25, 0.3) is 0 Å². The van der Waals surface area contributed by atoms with Crippen LogP contribution >= 0.6 is 24.0 Å². The molecular formula is C11H17Cl2N. The summed E-state index contributed by atoms with van der Waals surface area (Å²) in [6, 6.07) is 7.95. The summed E-state index contributed by atoms with van der Waals surface area (Å²) in [6.45, 7) is 5.04. The van der Waals surface area contributed by atoms with Crippen molar-refractivity contribution in [3.63, 3.8) is 0 Å². The van der Waals surface area contributed by atoms with Crippen molar-refractivity contribution in [2.24, 2.45) is 11.1 Å². The van der Waals surface area contributed by atoms with E-state index >= 15 is 0 Å². The van der Waals surface area contributed by atoms with E-state index in [1.807, 2.05) is 12.1 Å². The smallest absolute Gasteiger partial charge is 0.0406 e. The fraction of sp³-hybridized carbons (Fsp3) is 0.455. The molecule has 1 aromatic carbocycles. The number of nitrogens with two attached hydrogens (primary N) is 1. The van der Waals surface area contributed by atoms with Crippen molar-refractivity contribution < 1.29 is 0 Å². The molecule has 80 valence electrons. The highest BCUT2D eigenvalue weighted by Crippen LogP contribution is 2.21. The molecule has 0 aliphatic rings. The quantitative estimate of drug-likeness (QED) is 0.853. The van der Waals surface area contributed by atoms with Gasteiger partial charge in [-0.1, -0.05) is 37.6 Å². The molecule has 2 N–H and O–H groups in total. The second-order valence-electron chi connectivity index (χ2n) is 4.17. The zero-order chi connectivity index (χ0) is 9.90. The van der Waals surface area contributed by atoms with Gasteiger partial charge >= 0.3 is 0 Å². The van der Waals surface area contributed by atoms with Gasteiger partial charge in [-0.3, -0.25) is 0 Å². The van der Waals surface area contributed by atoms with Crippen molar-refractivity contribution in [3.05, 3.63) is 34.9 Å². The van der Waals surface area contributed by atoms with Gasteiger partial charge in [0, 0.05) is 5.02 Å². The van der Waals surface area contributed by atoms with Gasteiger partial charge in [-0.2, -0.15) is 0 Å². The Morgan fingerprint density at radius 3 is 2.14 bits per heavy atom. The van der Waals surface area contributed by atoms with Crippen LogP contribution in [0.2, 0.25) is 5.02 Å². The summed E-state index contributed by atoms with van der Waals surface area (Å²) in [5.74, 6) is 0. The topological polar surface area (TPSA) is 26.0 Å². The van der Waals surface area contributed by atoms with Gasteiger partial charge in [0.2, 0.25) is 0 Å². The summed E-state index contributed by atoms with van der Waals surface area (Å²) >= 11 is 5.79. The van der Waals surface area contributed by atoms with Crippen LogP contribution in [0.5, 0.6) is 0 Å². The van der Waals surface area contributed by atoms with Crippen LogP contribution in [-0.2, 0) is 6.42 Å². The molecule has 0 fully saturated rings. The molecule has 0 aliphatic heterocycles. The van der Waals surface area contributed by atoms with Gasteiger partial charge in [-0.15, -0.1) is 12.4 Å². The third-order valence-electron chi connectivity index (χ3n) is 2.15. The molecule has 0 saturated carbocycles. The lowest BCUT2D eigenvalue weighted by Crippen LogP contribution is -2.25. The van der Waals surface area contributed by atoms with Gasteiger partial charge in [-0.25, -0.2) is 0 Å². The van der Waals surface area contributed by atoms with Gasteiger partial charge < -0.3 is 5.73 Å². The first kappa shape index (κ1) is 13.8. The fourth-order valence-electron chi connectivity index (χ4n) is 1.23. The normalized spacial score (nSPS) is 10.9. The number of hydrogen-bond donors (Lipinski definition) is 1. The van der Waals surface area contributed by atoms with E-state index in [0.717, 1.165) is 11.4 Å². The maximum absolute atomic E-state index is 5.79. The number of halogens is 2. The van der Waals surface area contributed by atoms with Crippen LogP contribution in [0.4, 0.5) is 0 Å². The standard InChI is InChI=1S/C11H16ClN.ClH/c1-11(2,8-13)7-9-3-5-10(12)6-4-9;/h3-6H,7-8,13H2,1-2H3;1H. The molecule has 0 bridgehead atoms.